The van der Waals surface area contributed by atoms with Gasteiger partial charge in [0.2, 0.25) is 6.23 Å². The summed E-state index contributed by atoms with van der Waals surface area (Å²) < 4.78 is 6.01. The van der Waals surface area contributed by atoms with Gasteiger partial charge >= 0.3 is 5.97 Å². The number of hydrogen-bond donors (Lipinski definition) is 0. The summed E-state index contributed by atoms with van der Waals surface area (Å²) in [5.41, 5.74) is 0. The monoisotopic (exact) mass is 265 g/mol. The third kappa shape index (κ3) is 10.6. The second-order valence-electron chi connectivity index (χ2n) is 5.37. The Balaban J connectivity index is 0. The highest BCUT2D eigenvalue weighted by molar-refractivity contribution is 5.69. The van der Waals surface area contributed by atoms with E-state index in [-0.39, 0.29) is 24.6 Å². The van der Waals surface area contributed by atoms with Crippen molar-refractivity contribution in [3.8, 4) is 0 Å². The highest BCUT2D eigenvalue weighted by Gasteiger charge is 2.21. The highest BCUT2D eigenvalue weighted by Crippen LogP contribution is 2.09. The normalized spacial score (nSPS) is 12.8. The van der Waals surface area contributed by atoms with Crippen LogP contribution in [0.1, 0.15) is 52.4 Å². The Kier molecular flexibility index (Phi) is 10.9. The van der Waals surface area contributed by atoms with Gasteiger partial charge in [0.15, 0.2) is 0 Å². The minimum absolute atomic E-state index is 0. The summed E-state index contributed by atoms with van der Waals surface area (Å²) in [4.78, 5) is 11.5. The van der Waals surface area contributed by atoms with Crippen LogP contribution in [0.5, 0.6) is 0 Å². The predicted molar refractivity (Wildman–Crippen MR) is 67.0 cm³/mol. The number of esters is 1. The van der Waals surface area contributed by atoms with Gasteiger partial charge in [-0.3, -0.25) is 9.28 Å². The smallest absolute Gasteiger partial charge is 0.310 e. The van der Waals surface area contributed by atoms with Gasteiger partial charge in [-0.15, -0.1) is 0 Å². The fraction of sp³-hybridized carbons (Fsp3) is 0.923. The van der Waals surface area contributed by atoms with Crippen LogP contribution in [-0.2, 0) is 9.53 Å². The number of unbranched alkanes of at least 4 members (excludes halogenated alkanes) is 4. The quantitative estimate of drug-likeness (QED) is 0.266. The molecule has 0 N–H and O–H groups in total. The molecule has 1 atom stereocenters. The Hall–Kier alpha value is -0.280. The largest absolute Gasteiger partial charge is 1.00 e. The van der Waals surface area contributed by atoms with Crippen molar-refractivity contribution in [2.45, 2.75) is 58.6 Å². The molecule has 0 aliphatic rings. The molecule has 0 radical (unpaired) electrons. The van der Waals surface area contributed by atoms with Crippen LogP contribution >= 0.6 is 0 Å². The third-order valence-corrected chi connectivity index (χ3v) is 2.88. The lowest BCUT2D eigenvalue weighted by atomic mass is 10.1. The van der Waals surface area contributed by atoms with Crippen LogP contribution < -0.4 is 12.4 Å². The maximum absolute atomic E-state index is 11.5. The van der Waals surface area contributed by atoms with Gasteiger partial charge in [0, 0.05) is 13.3 Å². The molecule has 17 heavy (non-hydrogen) atoms. The molecule has 104 valence electrons. The van der Waals surface area contributed by atoms with Gasteiger partial charge in [-0.1, -0.05) is 32.6 Å². The first-order valence-electron chi connectivity index (χ1n) is 6.38. The zero-order valence-corrected chi connectivity index (χ0v) is 12.7. The molecule has 0 rings (SSSR count). The lowest BCUT2D eigenvalue weighted by Gasteiger charge is -2.30. The summed E-state index contributed by atoms with van der Waals surface area (Å²) in [5.74, 6) is -0.0583. The first kappa shape index (κ1) is 19.1. The molecular weight excluding hydrogens is 238 g/mol. The lowest BCUT2D eigenvalue weighted by molar-refractivity contribution is -0.914. The van der Waals surface area contributed by atoms with Crippen molar-refractivity contribution in [3.63, 3.8) is 0 Å². The molecule has 0 aromatic carbocycles. The standard InChI is InChI=1S/C13H28NO2.ClH/c1-6-7-8-9-10-11-13(15)16-12(2)14(3,4)5;/h12H,6-11H2,1-5H3;1H/q+1;/p-1. The Morgan fingerprint density at radius 2 is 1.65 bits per heavy atom. The van der Waals surface area contributed by atoms with E-state index in [0.717, 1.165) is 12.8 Å². The summed E-state index contributed by atoms with van der Waals surface area (Å²) >= 11 is 0. The number of rotatable bonds is 8. The molecule has 0 amide bonds. The minimum atomic E-state index is -0.0665. The molecule has 0 spiro atoms. The highest BCUT2D eigenvalue weighted by atomic mass is 35.5. The molecule has 0 aromatic rings. The maximum atomic E-state index is 11.5. The lowest BCUT2D eigenvalue weighted by Crippen LogP contribution is -3.00. The zero-order chi connectivity index (χ0) is 12.6. The number of quaternary nitrogens is 1. The van der Waals surface area contributed by atoms with E-state index < -0.39 is 0 Å². The van der Waals surface area contributed by atoms with Gasteiger partial charge in [-0.05, 0) is 6.42 Å². The topological polar surface area (TPSA) is 26.3 Å². The van der Waals surface area contributed by atoms with E-state index in [9.17, 15) is 4.79 Å². The predicted octanol–water partition coefficient (Wildman–Crippen LogP) is -0.0537. The summed E-state index contributed by atoms with van der Waals surface area (Å²) in [7, 11) is 6.08. The number of carbonyl (C=O) groups is 1. The average molecular weight is 266 g/mol. The molecular formula is C13H28ClNO2. The fourth-order valence-corrected chi connectivity index (χ4v) is 1.28. The molecule has 0 aliphatic heterocycles. The van der Waals surface area contributed by atoms with E-state index in [2.05, 4.69) is 6.92 Å². The van der Waals surface area contributed by atoms with Crippen molar-refractivity contribution >= 4 is 5.97 Å². The maximum Gasteiger partial charge on any atom is 0.310 e. The van der Waals surface area contributed by atoms with Crippen LogP contribution in [0.3, 0.4) is 0 Å². The molecule has 3 nitrogen and oxygen atoms in total. The van der Waals surface area contributed by atoms with Crippen LogP contribution in [-0.4, -0.2) is 37.8 Å². The number of carbonyl (C=O) groups excluding carboxylic acids is 1. The van der Waals surface area contributed by atoms with E-state index in [1.54, 1.807) is 0 Å². The van der Waals surface area contributed by atoms with Crippen LogP contribution in [0, 0.1) is 0 Å². The SMILES string of the molecule is CCCCCCCC(=O)OC(C)[N+](C)(C)C.[Cl-]. The van der Waals surface area contributed by atoms with Gasteiger partial charge in [0.25, 0.3) is 0 Å². The van der Waals surface area contributed by atoms with Gasteiger partial charge in [0.05, 0.1) is 21.1 Å². The summed E-state index contributed by atoms with van der Waals surface area (Å²) in [6.45, 7) is 4.13. The van der Waals surface area contributed by atoms with E-state index >= 15 is 0 Å². The Bertz CT molecular complexity index is 202. The van der Waals surface area contributed by atoms with Crippen LogP contribution in [0.4, 0.5) is 0 Å². The first-order chi connectivity index (χ1) is 7.38. The molecule has 0 aromatic heterocycles. The van der Waals surface area contributed by atoms with Crippen molar-refractivity contribution in [2.75, 3.05) is 21.1 Å². The first-order valence-corrected chi connectivity index (χ1v) is 6.38. The molecule has 0 aliphatic carbocycles. The second kappa shape index (κ2) is 9.72. The summed E-state index contributed by atoms with van der Waals surface area (Å²) in [6, 6.07) is 0. The third-order valence-electron chi connectivity index (χ3n) is 2.88. The molecule has 0 bridgehead atoms. The van der Waals surface area contributed by atoms with E-state index in [0.29, 0.717) is 10.9 Å². The Morgan fingerprint density at radius 3 is 2.12 bits per heavy atom. The molecule has 0 saturated heterocycles. The molecule has 0 saturated carbocycles. The van der Waals surface area contributed by atoms with E-state index in [1.165, 1.54) is 19.3 Å². The average Bonchev–Trinajstić information content (AvgIpc) is 2.16. The molecule has 0 heterocycles. The van der Waals surface area contributed by atoms with Crippen molar-refractivity contribution in [2.24, 2.45) is 0 Å². The molecule has 1 unspecified atom stereocenters. The molecule has 0 fully saturated rings. The van der Waals surface area contributed by atoms with Crippen molar-refractivity contribution < 1.29 is 26.4 Å². The number of halogens is 1. The number of hydrogen-bond acceptors (Lipinski definition) is 2. The van der Waals surface area contributed by atoms with Gasteiger partial charge in [-0.25, -0.2) is 0 Å². The fourth-order valence-electron chi connectivity index (χ4n) is 1.28. The van der Waals surface area contributed by atoms with Gasteiger partial charge in [-0.2, -0.15) is 0 Å². The molecule has 4 heteroatoms. The number of ether oxygens (including phenoxy) is 1. The minimum Gasteiger partial charge on any atom is -1.00 e. The van der Waals surface area contributed by atoms with Crippen molar-refractivity contribution in [1.29, 1.82) is 0 Å². The van der Waals surface area contributed by atoms with Gasteiger partial charge in [0.1, 0.15) is 0 Å². The van der Waals surface area contributed by atoms with Crippen LogP contribution in [0.2, 0.25) is 0 Å². The van der Waals surface area contributed by atoms with E-state index in [1.807, 2.05) is 28.1 Å². The Labute approximate surface area is 113 Å². The number of nitrogens with zero attached hydrogens (tertiary/aromatic N) is 1. The van der Waals surface area contributed by atoms with Crippen LogP contribution in [0.25, 0.3) is 0 Å². The van der Waals surface area contributed by atoms with Crippen molar-refractivity contribution in [1.82, 2.24) is 0 Å². The summed E-state index contributed by atoms with van der Waals surface area (Å²) in [5, 5.41) is 0. The summed E-state index contributed by atoms with van der Waals surface area (Å²) in [6.07, 6.45) is 6.34. The van der Waals surface area contributed by atoms with Gasteiger partial charge < -0.3 is 17.1 Å². The zero-order valence-electron chi connectivity index (χ0n) is 12.0. The Morgan fingerprint density at radius 1 is 1.12 bits per heavy atom. The van der Waals surface area contributed by atoms with Crippen LogP contribution in [0.15, 0.2) is 0 Å². The van der Waals surface area contributed by atoms with E-state index in [4.69, 9.17) is 4.74 Å². The van der Waals surface area contributed by atoms with Crippen molar-refractivity contribution in [3.05, 3.63) is 0 Å². The second-order valence-corrected chi connectivity index (χ2v) is 5.37.